The molecule has 0 spiro atoms. The third-order valence-corrected chi connectivity index (χ3v) is 10.3. The molecule has 194 valence electrons. The first-order chi connectivity index (χ1) is 16.0. The van der Waals surface area contributed by atoms with Crippen LogP contribution < -0.4 is 0 Å². The predicted octanol–water partition coefficient (Wildman–Crippen LogP) is 3.98. The lowest BCUT2D eigenvalue weighted by Gasteiger charge is -2.33. The zero-order valence-corrected chi connectivity index (χ0v) is 23.1. The Balaban J connectivity index is 1.84. The van der Waals surface area contributed by atoms with E-state index in [2.05, 4.69) is 0 Å². The van der Waals surface area contributed by atoms with Crippen LogP contribution in [0.1, 0.15) is 76.0 Å². The largest absolute Gasteiger partial charge is 0.611 e. The lowest BCUT2D eigenvalue weighted by Crippen LogP contribution is -2.43. The van der Waals surface area contributed by atoms with Crippen LogP contribution >= 0.6 is 0 Å². The minimum atomic E-state index is -3.88. The number of hydrogen-bond donors (Lipinski definition) is 2. The van der Waals surface area contributed by atoms with Gasteiger partial charge in [0.2, 0.25) is 0 Å². The summed E-state index contributed by atoms with van der Waals surface area (Å²) < 4.78 is 42.4. The average Bonchev–Trinajstić information content (AvgIpc) is 3.14. The van der Waals surface area contributed by atoms with Crippen molar-refractivity contribution in [1.82, 2.24) is 8.87 Å². The fourth-order valence-corrected chi connectivity index (χ4v) is 7.58. The van der Waals surface area contributed by atoms with Gasteiger partial charge in [0.25, 0.3) is 10.0 Å². The summed E-state index contributed by atoms with van der Waals surface area (Å²) in [6.45, 7) is 12.4. The van der Waals surface area contributed by atoms with Crippen LogP contribution in [0.15, 0.2) is 34.2 Å². The predicted molar refractivity (Wildman–Crippen MR) is 136 cm³/mol. The topological polar surface area (TPSA) is 123 Å². The number of aromatic hydroxyl groups is 1. The van der Waals surface area contributed by atoms with Crippen molar-refractivity contribution in [2.75, 3.05) is 13.1 Å². The van der Waals surface area contributed by atoms with Gasteiger partial charge in [-0.05, 0) is 34.1 Å². The Hall–Kier alpha value is -2.01. The summed E-state index contributed by atoms with van der Waals surface area (Å²) in [4.78, 5) is 12.0. The maximum Gasteiger partial charge on any atom is 0.352 e. The van der Waals surface area contributed by atoms with Crippen LogP contribution in [0.2, 0.25) is 0 Å². The zero-order chi connectivity index (χ0) is 26.5. The van der Waals surface area contributed by atoms with Crippen molar-refractivity contribution < 1.29 is 28.0 Å². The van der Waals surface area contributed by atoms with Crippen molar-refractivity contribution >= 4 is 27.2 Å². The number of carboxylic acids is 1. The monoisotopic (exact) mass is 524 g/mol. The third-order valence-electron chi connectivity index (χ3n) is 6.53. The summed E-state index contributed by atoms with van der Waals surface area (Å²) in [6, 6.07) is 6.23. The van der Waals surface area contributed by atoms with Crippen LogP contribution in [-0.2, 0) is 39.1 Å². The number of benzene rings is 1. The highest BCUT2D eigenvalue weighted by atomic mass is 32.2. The van der Waals surface area contributed by atoms with E-state index in [1.165, 1.54) is 28.1 Å². The highest BCUT2D eigenvalue weighted by Gasteiger charge is 2.38. The van der Waals surface area contributed by atoms with Gasteiger partial charge in [0, 0.05) is 56.2 Å². The highest BCUT2D eigenvalue weighted by molar-refractivity contribution is 7.92. The standard InChI is InChI=1S/C25H36N2O6S2/c1-24(2,3)18-14-17(15-19(22(18)28)25(4,5)6)34(31)16-10-12-27(13-11-16)35(32,33)21-9-8-20(23(29)30)26(21)7/h8-9,14-16,28H,10-13H2,1-7H3,(H,29,30). The molecule has 2 heterocycles. The lowest BCUT2D eigenvalue weighted by atomic mass is 9.79. The zero-order valence-electron chi connectivity index (χ0n) is 21.5. The van der Waals surface area contributed by atoms with Gasteiger partial charge in [0.15, 0.2) is 9.92 Å². The second kappa shape index (κ2) is 9.46. The molecule has 1 fully saturated rings. The number of sulfonamides is 1. The molecule has 1 aromatic heterocycles. The summed E-state index contributed by atoms with van der Waals surface area (Å²) in [5.74, 6) is -0.962. The molecule has 1 atom stereocenters. The number of carboxylic acid groups (broad SMARTS) is 1. The van der Waals surface area contributed by atoms with Gasteiger partial charge < -0.3 is 19.3 Å². The smallest absolute Gasteiger partial charge is 0.352 e. The molecule has 2 N–H and O–H groups in total. The van der Waals surface area contributed by atoms with Crippen molar-refractivity contribution in [3.63, 3.8) is 0 Å². The molecule has 1 unspecified atom stereocenters. The molecule has 35 heavy (non-hydrogen) atoms. The van der Waals surface area contributed by atoms with Crippen LogP contribution in [-0.4, -0.2) is 56.4 Å². The van der Waals surface area contributed by atoms with Crippen molar-refractivity contribution in [3.05, 3.63) is 41.1 Å². The SMILES string of the molecule is Cn1c(C(=O)O)ccc1S(=O)(=O)N1CCC([S+]([O-])c2cc(C(C)(C)C)c(O)c(C(C)(C)C)c2)CC1. The first-order valence-electron chi connectivity index (χ1n) is 11.6. The molecule has 0 aliphatic carbocycles. The van der Waals surface area contributed by atoms with Crippen molar-refractivity contribution in [1.29, 1.82) is 0 Å². The number of aromatic carboxylic acids is 1. The Kier molecular flexibility index (Phi) is 7.45. The molecule has 0 amide bonds. The van der Waals surface area contributed by atoms with E-state index < -0.39 is 27.2 Å². The van der Waals surface area contributed by atoms with E-state index in [0.29, 0.717) is 17.7 Å². The number of nitrogens with zero attached hydrogens (tertiary/aromatic N) is 2. The minimum Gasteiger partial charge on any atom is -0.611 e. The van der Waals surface area contributed by atoms with Crippen LogP contribution in [0.5, 0.6) is 5.75 Å². The van der Waals surface area contributed by atoms with Gasteiger partial charge in [-0.3, -0.25) is 0 Å². The first kappa shape index (κ1) is 27.6. The van der Waals surface area contributed by atoms with E-state index in [9.17, 15) is 28.0 Å². The molecular weight excluding hydrogens is 488 g/mol. The van der Waals surface area contributed by atoms with Gasteiger partial charge in [0.1, 0.15) is 16.7 Å². The van der Waals surface area contributed by atoms with Crippen molar-refractivity contribution in [2.45, 2.75) is 80.4 Å². The van der Waals surface area contributed by atoms with Crippen LogP contribution in [0.3, 0.4) is 0 Å². The number of phenolic OH excluding ortho intramolecular Hbond substituents is 1. The fourth-order valence-electron chi connectivity index (χ4n) is 4.45. The molecule has 0 saturated carbocycles. The molecule has 8 nitrogen and oxygen atoms in total. The van der Waals surface area contributed by atoms with Gasteiger partial charge >= 0.3 is 5.97 Å². The molecule has 1 aliphatic heterocycles. The minimum absolute atomic E-state index is 0.0716. The van der Waals surface area contributed by atoms with E-state index >= 15 is 0 Å². The van der Waals surface area contributed by atoms with Crippen molar-refractivity contribution in [2.24, 2.45) is 7.05 Å². The molecule has 0 radical (unpaired) electrons. The van der Waals surface area contributed by atoms with E-state index in [0.717, 1.165) is 11.1 Å². The van der Waals surface area contributed by atoms with Crippen LogP contribution in [0.4, 0.5) is 0 Å². The lowest BCUT2D eigenvalue weighted by molar-refractivity contribution is 0.0685. The molecule has 1 saturated heterocycles. The molecule has 2 aromatic rings. The second-order valence-corrected chi connectivity index (χ2v) is 14.8. The molecule has 0 bridgehead atoms. The third kappa shape index (κ3) is 5.40. The number of piperidine rings is 1. The fraction of sp³-hybridized carbons (Fsp3) is 0.560. The average molecular weight is 525 g/mol. The first-order valence-corrected chi connectivity index (χ1v) is 14.3. The summed E-state index contributed by atoms with van der Waals surface area (Å²) in [6.07, 6.45) is 0.831. The van der Waals surface area contributed by atoms with Gasteiger partial charge in [0.05, 0.1) is 0 Å². The molecule has 3 rings (SSSR count). The van der Waals surface area contributed by atoms with E-state index in [1.54, 1.807) is 0 Å². The molecular formula is C25H36N2O6S2. The van der Waals surface area contributed by atoms with Gasteiger partial charge in [-0.25, -0.2) is 13.2 Å². The normalized spacial score (nSPS) is 17.5. The molecule has 1 aliphatic rings. The molecule has 1 aromatic carbocycles. The highest BCUT2D eigenvalue weighted by Crippen LogP contribution is 2.42. The number of phenols is 1. The Labute approximate surface area is 211 Å². The number of hydrogen-bond acceptors (Lipinski definition) is 5. The maximum absolute atomic E-state index is 13.6. The quantitative estimate of drug-likeness (QED) is 0.570. The Morgan fingerprint density at radius 3 is 1.91 bits per heavy atom. The summed E-state index contributed by atoms with van der Waals surface area (Å²) >= 11 is -1.38. The maximum atomic E-state index is 13.6. The number of aromatic nitrogens is 1. The van der Waals surface area contributed by atoms with Crippen LogP contribution in [0, 0.1) is 0 Å². The van der Waals surface area contributed by atoms with Gasteiger partial charge in [-0.15, -0.1) is 0 Å². The summed E-state index contributed by atoms with van der Waals surface area (Å²) in [7, 11) is -2.46. The second-order valence-electron chi connectivity index (χ2n) is 11.2. The van der Waals surface area contributed by atoms with Crippen molar-refractivity contribution in [3.8, 4) is 5.75 Å². The Bertz CT molecular complexity index is 1180. The van der Waals surface area contributed by atoms with Gasteiger partial charge in [-0.1, -0.05) is 41.5 Å². The van der Waals surface area contributed by atoms with E-state index in [1.807, 2.05) is 53.7 Å². The van der Waals surface area contributed by atoms with Crippen LogP contribution in [0.25, 0.3) is 0 Å². The Morgan fingerprint density at radius 2 is 1.51 bits per heavy atom. The number of carbonyl (C=O) groups is 1. The Morgan fingerprint density at radius 1 is 1.03 bits per heavy atom. The van der Waals surface area contributed by atoms with E-state index in [-0.39, 0.29) is 45.6 Å². The summed E-state index contributed by atoms with van der Waals surface area (Å²) in [5, 5.41) is 19.9. The summed E-state index contributed by atoms with van der Waals surface area (Å²) in [5.41, 5.74) is 0.700. The number of rotatable bonds is 5. The van der Waals surface area contributed by atoms with E-state index in [4.69, 9.17) is 0 Å². The van der Waals surface area contributed by atoms with Gasteiger partial charge in [-0.2, -0.15) is 4.31 Å². The molecule has 10 heteroatoms.